The Morgan fingerprint density at radius 3 is 2.42 bits per heavy atom. The Morgan fingerprint density at radius 1 is 1.12 bits per heavy atom. The zero-order chi connectivity index (χ0) is 31.2. The molecule has 13 heteroatoms. The van der Waals surface area contributed by atoms with Crippen molar-refractivity contribution in [3.63, 3.8) is 0 Å². The fourth-order valence-corrected chi connectivity index (χ4v) is 5.98. The topological polar surface area (TPSA) is 117 Å². The molecule has 0 aliphatic carbocycles. The molecule has 3 aromatic rings. The quantitative estimate of drug-likeness (QED) is 0.237. The van der Waals surface area contributed by atoms with Crippen molar-refractivity contribution < 1.29 is 33.7 Å². The summed E-state index contributed by atoms with van der Waals surface area (Å²) in [6, 6.07) is 11.0. The van der Waals surface area contributed by atoms with Gasteiger partial charge in [0.25, 0.3) is 0 Å². The summed E-state index contributed by atoms with van der Waals surface area (Å²) in [7, 11) is -1.74. The fraction of sp³-hybridized carbons (Fsp3) is 0.600. The summed E-state index contributed by atoms with van der Waals surface area (Å²) in [6.45, 7) is 15.8. The van der Waals surface area contributed by atoms with Gasteiger partial charge in [-0.3, -0.25) is 4.57 Å². The van der Waals surface area contributed by atoms with E-state index in [4.69, 9.17) is 45.1 Å². The van der Waals surface area contributed by atoms with Crippen LogP contribution < -0.4 is 10.2 Å². The smallest absolute Gasteiger partial charge is 0.459 e. The van der Waals surface area contributed by atoms with Gasteiger partial charge in [0, 0.05) is 26.7 Å². The van der Waals surface area contributed by atoms with Crippen LogP contribution in [0.1, 0.15) is 34.1 Å². The third-order valence-corrected chi connectivity index (χ3v) is 10.4. The number of pyridine rings is 1. The Balaban J connectivity index is 1.42. The highest BCUT2D eigenvalue weighted by Gasteiger charge is 2.51. The normalized spacial score (nSPS) is 22.4. The Labute approximate surface area is 259 Å². The average molecular weight is 632 g/mol. The molecule has 5 rings (SSSR count). The third kappa shape index (κ3) is 7.12. The SMILES string of the molecule is CC1(C)OB(c2ccc(-c3nc4c(cc3Cl)nc(OC3COC(C(O)CO)C3)n4COCC[Si](C)(C)C)cc2)OC1(C)C. The van der Waals surface area contributed by atoms with Crippen molar-refractivity contribution in [3.05, 3.63) is 35.4 Å². The van der Waals surface area contributed by atoms with Crippen LogP contribution in [0.3, 0.4) is 0 Å². The number of ether oxygens (including phenoxy) is 3. The van der Waals surface area contributed by atoms with Gasteiger partial charge in [-0.1, -0.05) is 55.5 Å². The van der Waals surface area contributed by atoms with Crippen molar-refractivity contribution in [2.45, 2.75) is 96.0 Å². The van der Waals surface area contributed by atoms with Crippen molar-refractivity contribution in [1.82, 2.24) is 14.5 Å². The monoisotopic (exact) mass is 631 g/mol. The number of halogens is 1. The predicted octanol–water partition coefficient (Wildman–Crippen LogP) is 4.25. The summed E-state index contributed by atoms with van der Waals surface area (Å²) in [5, 5.41) is 19.8. The minimum Gasteiger partial charge on any atom is -0.459 e. The number of rotatable bonds is 11. The Bertz CT molecular complexity index is 1410. The molecule has 2 aliphatic rings. The van der Waals surface area contributed by atoms with Crippen LogP contribution in [-0.2, 0) is 25.5 Å². The van der Waals surface area contributed by atoms with Crippen LogP contribution >= 0.6 is 11.6 Å². The number of hydrogen-bond donors (Lipinski definition) is 2. The molecule has 1 aromatic carbocycles. The van der Waals surface area contributed by atoms with Crippen LogP contribution in [0, 0.1) is 0 Å². The lowest BCUT2D eigenvalue weighted by molar-refractivity contribution is -0.0290. The standard InChI is InChI=1S/C30H43BClN3O7Si/c1-29(2)30(3,4)42-31(41-29)20-10-8-19(9-11-20)26-22(32)15-23-27(34-26)35(18-38-12-13-43(5,6)7)28(33-23)40-21-14-25(39-17-21)24(37)16-36/h8-11,15,21,24-25,36-37H,12-14,16-18H2,1-7H3. The van der Waals surface area contributed by atoms with E-state index in [2.05, 4.69) is 19.6 Å². The highest BCUT2D eigenvalue weighted by atomic mass is 35.5. The summed E-state index contributed by atoms with van der Waals surface area (Å²) in [6.07, 6.45) is -1.38. The second-order valence-electron chi connectivity index (χ2n) is 13.6. The summed E-state index contributed by atoms with van der Waals surface area (Å²) < 4.78 is 32.2. The first kappa shape index (κ1) is 32.4. The van der Waals surface area contributed by atoms with E-state index in [1.54, 1.807) is 6.07 Å². The van der Waals surface area contributed by atoms with Gasteiger partial charge in [0.15, 0.2) is 5.65 Å². The molecule has 2 aliphatic heterocycles. The molecule has 2 fully saturated rings. The number of aliphatic hydroxyl groups excluding tert-OH is 2. The minimum absolute atomic E-state index is 0.210. The van der Waals surface area contributed by atoms with E-state index in [9.17, 15) is 10.2 Å². The highest BCUT2D eigenvalue weighted by molar-refractivity contribution is 6.76. The molecular formula is C30H43BClN3O7Si. The largest absolute Gasteiger partial charge is 0.494 e. The molecular weight excluding hydrogens is 589 g/mol. The second kappa shape index (κ2) is 12.4. The van der Waals surface area contributed by atoms with Crippen molar-refractivity contribution in [3.8, 4) is 17.3 Å². The Hall–Kier alpha value is -2.03. The van der Waals surface area contributed by atoms with Crippen LogP contribution in [0.15, 0.2) is 30.3 Å². The number of imidazole rings is 1. The van der Waals surface area contributed by atoms with Gasteiger partial charge in [0.05, 0.1) is 41.2 Å². The van der Waals surface area contributed by atoms with Gasteiger partial charge in [-0.05, 0) is 45.3 Å². The van der Waals surface area contributed by atoms with Crippen molar-refractivity contribution in [2.75, 3.05) is 19.8 Å². The maximum atomic E-state index is 10.0. The first-order valence-corrected chi connectivity index (χ1v) is 18.9. The number of hydrogen-bond acceptors (Lipinski definition) is 9. The molecule has 0 spiro atoms. The van der Waals surface area contributed by atoms with Gasteiger partial charge in [0.1, 0.15) is 24.5 Å². The maximum absolute atomic E-state index is 10.0. The number of fused-ring (bicyclic) bond motifs is 1. The third-order valence-electron chi connectivity index (χ3n) is 8.45. The zero-order valence-electron chi connectivity index (χ0n) is 26.1. The number of benzene rings is 1. The van der Waals surface area contributed by atoms with Crippen molar-refractivity contribution in [2.24, 2.45) is 0 Å². The van der Waals surface area contributed by atoms with Crippen molar-refractivity contribution >= 4 is 43.4 Å². The second-order valence-corrected chi connectivity index (χ2v) is 19.7. The van der Waals surface area contributed by atoms with Crippen LogP contribution in [0.2, 0.25) is 30.7 Å². The van der Waals surface area contributed by atoms with E-state index in [1.165, 1.54) is 0 Å². The molecule has 0 radical (unpaired) electrons. The van der Waals surface area contributed by atoms with Gasteiger partial charge in [-0.25, -0.2) is 4.98 Å². The molecule has 43 heavy (non-hydrogen) atoms. The molecule has 4 heterocycles. The van der Waals surface area contributed by atoms with Gasteiger partial charge in [-0.2, -0.15) is 4.98 Å². The number of nitrogens with zero attached hydrogens (tertiary/aromatic N) is 3. The van der Waals surface area contributed by atoms with Crippen LogP contribution in [-0.4, -0.2) is 89.3 Å². The molecule has 0 saturated carbocycles. The summed E-state index contributed by atoms with van der Waals surface area (Å²) in [4.78, 5) is 9.65. The lowest BCUT2D eigenvalue weighted by Gasteiger charge is -2.32. The lowest BCUT2D eigenvalue weighted by atomic mass is 9.79. The molecule has 2 saturated heterocycles. The number of aliphatic hydroxyl groups is 2. The first-order chi connectivity index (χ1) is 20.2. The van der Waals surface area contributed by atoms with E-state index in [0.29, 0.717) is 40.9 Å². The van der Waals surface area contributed by atoms with Gasteiger partial charge < -0.3 is 33.7 Å². The average Bonchev–Trinajstić information content (AvgIpc) is 3.59. The summed E-state index contributed by atoms with van der Waals surface area (Å²) in [5.74, 6) is 0. The van der Waals surface area contributed by atoms with Gasteiger partial charge >= 0.3 is 13.1 Å². The molecule has 10 nitrogen and oxygen atoms in total. The molecule has 3 unspecified atom stereocenters. The summed E-state index contributed by atoms with van der Waals surface area (Å²) >= 11 is 6.76. The Kier molecular flexibility index (Phi) is 9.33. The molecule has 0 amide bonds. The molecule has 234 valence electrons. The van der Waals surface area contributed by atoms with Crippen LogP contribution in [0.25, 0.3) is 22.4 Å². The molecule has 3 atom stereocenters. The van der Waals surface area contributed by atoms with E-state index >= 15 is 0 Å². The minimum atomic E-state index is -1.28. The van der Waals surface area contributed by atoms with Gasteiger partial charge in [0.2, 0.25) is 0 Å². The van der Waals surface area contributed by atoms with E-state index in [0.717, 1.165) is 17.1 Å². The number of aromatic nitrogens is 3. The summed E-state index contributed by atoms with van der Waals surface area (Å²) in [5.41, 5.74) is 2.68. The maximum Gasteiger partial charge on any atom is 0.494 e. The first-order valence-electron chi connectivity index (χ1n) is 14.8. The zero-order valence-corrected chi connectivity index (χ0v) is 27.8. The molecule has 0 bridgehead atoms. The van der Waals surface area contributed by atoms with Gasteiger partial charge in [-0.15, -0.1) is 0 Å². The Morgan fingerprint density at radius 2 is 1.79 bits per heavy atom. The van der Waals surface area contributed by atoms with Crippen molar-refractivity contribution in [1.29, 1.82) is 0 Å². The molecule has 2 N–H and O–H groups in total. The molecule has 2 aromatic heterocycles. The van der Waals surface area contributed by atoms with E-state index < -0.39 is 38.6 Å². The van der Waals surface area contributed by atoms with Crippen LogP contribution in [0.4, 0.5) is 0 Å². The van der Waals surface area contributed by atoms with E-state index in [-0.39, 0.29) is 26.0 Å². The fourth-order valence-electron chi connectivity index (χ4n) is 4.97. The predicted molar refractivity (Wildman–Crippen MR) is 170 cm³/mol. The van der Waals surface area contributed by atoms with Crippen LogP contribution in [0.5, 0.6) is 6.01 Å². The lowest BCUT2D eigenvalue weighted by Crippen LogP contribution is -2.41. The highest BCUT2D eigenvalue weighted by Crippen LogP contribution is 2.37. The van der Waals surface area contributed by atoms with E-state index in [1.807, 2.05) is 56.5 Å².